The van der Waals surface area contributed by atoms with Crippen molar-refractivity contribution in [2.75, 3.05) is 6.61 Å². The second-order valence-electron chi connectivity index (χ2n) is 5.98. The van der Waals surface area contributed by atoms with E-state index in [2.05, 4.69) is 6.58 Å². The Hall–Kier alpha value is -1.85. The van der Waals surface area contributed by atoms with Crippen molar-refractivity contribution in [2.45, 2.75) is 47.1 Å². The summed E-state index contributed by atoms with van der Waals surface area (Å²) in [6.07, 6.45) is 0. The van der Waals surface area contributed by atoms with Crippen LogP contribution < -0.4 is 0 Å². The lowest BCUT2D eigenvalue weighted by Crippen LogP contribution is -2.45. The predicted molar refractivity (Wildman–Crippen MR) is 76.5 cm³/mol. The maximum absolute atomic E-state index is 12.0. The number of hydrogen-bond donors (Lipinski definition) is 1. The van der Waals surface area contributed by atoms with E-state index in [4.69, 9.17) is 9.47 Å². The molecule has 0 fully saturated rings. The molecule has 0 spiro atoms. The lowest BCUT2D eigenvalue weighted by atomic mass is 9.74. The fourth-order valence-electron chi connectivity index (χ4n) is 1.60. The van der Waals surface area contributed by atoms with Gasteiger partial charge in [0.1, 0.15) is 5.60 Å². The minimum Gasteiger partial charge on any atom is -0.480 e. The maximum atomic E-state index is 12.0. The van der Waals surface area contributed by atoms with E-state index in [1.165, 1.54) is 13.8 Å². The summed E-state index contributed by atoms with van der Waals surface area (Å²) in [4.78, 5) is 35.4. The van der Waals surface area contributed by atoms with Crippen LogP contribution in [-0.4, -0.2) is 35.2 Å². The van der Waals surface area contributed by atoms with Crippen LogP contribution in [0, 0.1) is 11.3 Å². The van der Waals surface area contributed by atoms with Crippen LogP contribution in [0.15, 0.2) is 12.2 Å². The Balaban J connectivity index is 5.37. The first-order valence-electron chi connectivity index (χ1n) is 6.70. The molecule has 0 amide bonds. The number of carbonyl (C=O) groups is 3. The van der Waals surface area contributed by atoms with Gasteiger partial charge in [-0.25, -0.2) is 4.79 Å². The van der Waals surface area contributed by atoms with E-state index in [0.717, 1.165) is 0 Å². The van der Waals surface area contributed by atoms with E-state index < -0.39 is 34.8 Å². The van der Waals surface area contributed by atoms with Crippen LogP contribution in [-0.2, 0) is 23.9 Å². The van der Waals surface area contributed by atoms with Gasteiger partial charge >= 0.3 is 17.9 Å². The molecule has 2 unspecified atom stereocenters. The molecule has 0 rings (SSSR count). The van der Waals surface area contributed by atoms with Gasteiger partial charge in [0, 0.05) is 11.5 Å². The van der Waals surface area contributed by atoms with Gasteiger partial charge < -0.3 is 14.6 Å². The molecule has 0 bridgehead atoms. The van der Waals surface area contributed by atoms with E-state index in [-0.39, 0.29) is 12.2 Å². The first-order valence-corrected chi connectivity index (χ1v) is 6.70. The number of ether oxygens (including phenoxy) is 2. The molecule has 6 heteroatoms. The first-order chi connectivity index (χ1) is 9.37. The maximum Gasteiger partial charge on any atom is 0.334 e. The molecule has 0 aromatic heterocycles. The zero-order valence-corrected chi connectivity index (χ0v) is 13.5. The molecule has 0 saturated carbocycles. The molecule has 0 aromatic carbocycles. The number of aliphatic carboxylic acids is 1. The summed E-state index contributed by atoms with van der Waals surface area (Å²) in [6.45, 7) is 12.9. The summed E-state index contributed by atoms with van der Waals surface area (Å²) in [5.41, 5.74) is -2.71. The van der Waals surface area contributed by atoms with Crippen LogP contribution in [0.3, 0.4) is 0 Å². The van der Waals surface area contributed by atoms with Crippen LogP contribution in [0.2, 0.25) is 0 Å². The first kappa shape index (κ1) is 19.1. The van der Waals surface area contributed by atoms with Gasteiger partial charge in [0.15, 0.2) is 5.41 Å². The molecule has 0 aliphatic rings. The number of esters is 2. The van der Waals surface area contributed by atoms with Crippen molar-refractivity contribution in [2.24, 2.45) is 11.3 Å². The Bertz CT molecular complexity index is 446. The number of hydrogen-bond acceptors (Lipinski definition) is 5. The van der Waals surface area contributed by atoms with Crippen molar-refractivity contribution in [1.29, 1.82) is 0 Å². The van der Waals surface area contributed by atoms with Gasteiger partial charge in [0.25, 0.3) is 0 Å². The Kier molecular flexibility index (Phi) is 6.14. The third kappa shape index (κ3) is 4.58. The van der Waals surface area contributed by atoms with Crippen LogP contribution in [0.25, 0.3) is 0 Å². The molecule has 0 aromatic rings. The van der Waals surface area contributed by atoms with E-state index in [0.29, 0.717) is 0 Å². The van der Waals surface area contributed by atoms with E-state index in [9.17, 15) is 19.5 Å². The van der Waals surface area contributed by atoms with E-state index in [1.807, 2.05) is 0 Å². The van der Waals surface area contributed by atoms with Crippen molar-refractivity contribution in [1.82, 2.24) is 0 Å². The van der Waals surface area contributed by atoms with Crippen LogP contribution >= 0.6 is 0 Å². The molecule has 0 aliphatic heterocycles. The van der Waals surface area contributed by atoms with Crippen molar-refractivity contribution >= 4 is 17.9 Å². The van der Waals surface area contributed by atoms with E-state index >= 15 is 0 Å². The molecule has 6 nitrogen and oxygen atoms in total. The summed E-state index contributed by atoms with van der Waals surface area (Å²) in [5.74, 6) is -3.98. The Morgan fingerprint density at radius 2 is 1.67 bits per heavy atom. The number of carboxylic acid groups (broad SMARTS) is 1. The van der Waals surface area contributed by atoms with Gasteiger partial charge in [-0.2, -0.15) is 0 Å². The predicted octanol–water partition coefficient (Wildman–Crippen LogP) is 2.17. The highest BCUT2D eigenvalue weighted by atomic mass is 16.6. The second-order valence-corrected chi connectivity index (χ2v) is 5.98. The van der Waals surface area contributed by atoms with Crippen molar-refractivity contribution in [3.8, 4) is 0 Å². The van der Waals surface area contributed by atoms with Gasteiger partial charge in [0.2, 0.25) is 0 Å². The largest absolute Gasteiger partial charge is 0.480 e. The third-order valence-electron chi connectivity index (χ3n) is 3.19. The average Bonchev–Trinajstić information content (AvgIpc) is 2.33. The smallest absolute Gasteiger partial charge is 0.334 e. The molecule has 0 radical (unpaired) electrons. The minimum absolute atomic E-state index is 0.0489. The number of carbonyl (C=O) groups excluding carboxylic acids is 2. The molecular formula is C15H24O6. The van der Waals surface area contributed by atoms with Gasteiger partial charge in [-0.15, -0.1) is 0 Å². The van der Waals surface area contributed by atoms with Crippen molar-refractivity contribution in [3.63, 3.8) is 0 Å². The quantitative estimate of drug-likeness (QED) is 0.459. The summed E-state index contributed by atoms with van der Waals surface area (Å²) < 4.78 is 9.96. The highest BCUT2D eigenvalue weighted by Gasteiger charge is 2.50. The third-order valence-corrected chi connectivity index (χ3v) is 3.19. The van der Waals surface area contributed by atoms with Gasteiger partial charge in [-0.05, 0) is 34.6 Å². The van der Waals surface area contributed by atoms with Gasteiger partial charge in [-0.1, -0.05) is 13.5 Å². The summed E-state index contributed by atoms with van der Waals surface area (Å²) >= 11 is 0. The van der Waals surface area contributed by atoms with Crippen LogP contribution in [0.4, 0.5) is 0 Å². The standard InChI is InChI=1S/C15H24O6/c1-8-20-13(19)15(7,12(17)18)10(3)9(2)11(16)21-14(4,5)6/h10H,2,8H2,1,3-7H3,(H,17,18). The SMILES string of the molecule is C=C(C(=O)OC(C)(C)C)C(C)C(C)(C(=O)O)C(=O)OCC. The average molecular weight is 300 g/mol. The fourth-order valence-corrected chi connectivity index (χ4v) is 1.60. The lowest BCUT2D eigenvalue weighted by Gasteiger charge is -2.30. The van der Waals surface area contributed by atoms with Crippen molar-refractivity contribution in [3.05, 3.63) is 12.2 Å². The Labute approximate surface area is 125 Å². The zero-order valence-electron chi connectivity index (χ0n) is 13.5. The molecule has 120 valence electrons. The Morgan fingerprint density at radius 1 is 1.19 bits per heavy atom. The summed E-state index contributed by atoms with van der Waals surface area (Å²) in [5, 5.41) is 9.37. The Morgan fingerprint density at radius 3 is 2.00 bits per heavy atom. The molecule has 2 atom stereocenters. The molecule has 0 aliphatic carbocycles. The van der Waals surface area contributed by atoms with E-state index in [1.54, 1.807) is 27.7 Å². The number of carboxylic acids is 1. The van der Waals surface area contributed by atoms with Gasteiger partial charge in [0.05, 0.1) is 6.61 Å². The molecular weight excluding hydrogens is 276 g/mol. The minimum atomic E-state index is -1.90. The highest BCUT2D eigenvalue weighted by molar-refractivity contribution is 6.01. The second kappa shape index (κ2) is 6.74. The lowest BCUT2D eigenvalue weighted by molar-refractivity contribution is -0.170. The highest BCUT2D eigenvalue weighted by Crippen LogP contribution is 2.35. The summed E-state index contributed by atoms with van der Waals surface area (Å²) in [6, 6.07) is 0. The molecule has 0 heterocycles. The normalized spacial score (nSPS) is 15.5. The van der Waals surface area contributed by atoms with Crippen molar-refractivity contribution < 1.29 is 29.0 Å². The monoisotopic (exact) mass is 300 g/mol. The zero-order chi connectivity index (χ0) is 17.0. The molecule has 1 N–H and O–H groups in total. The molecule has 0 saturated heterocycles. The summed E-state index contributed by atoms with van der Waals surface area (Å²) in [7, 11) is 0. The topological polar surface area (TPSA) is 89.9 Å². The fraction of sp³-hybridized carbons (Fsp3) is 0.667. The van der Waals surface area contributed by atoms with Gasteiger partial charge in [-0.3, -0.25) is 9.59 Å². The number of rotatable bonds is 6. The van der Waals surface area contributed by atoms with Crippen LogP contribution in [0.5, 0.6) is 0 Å². The van der Waals surface area contributed by atoms with Crippen LogP contribution in [0.1, 0.15) is 41.5 Å². The molecule has 21 heavy (non-hydrogen) atoms.